The smallest absolute Gasteiger partial charge is 0.162 e. The highest BCUT2D eigenvalue weighted by Crippen LogP contribution is 2.17. The minimum absolute atomic E-state index is 0.0237. The van der Waals surface area contributed by atoms with Gasteiger partial charge in [0, 0.05) is 0 Å². The number of halogens is 2. The van der Waals surface area contributed by atoms with Crippen LogP contribution in [0.4, 0.5) is 8.78 Å². The van der Waals surface area contributed by atoms with Crippen LogP contribution in [0.3, 0.4) is 0 Å². The van der Waals surface area contributed by atoms with Gasteiger partial charge in [-0.2, -0.15) is 0 Å². The highest BCUT2D eigenvalue weighted by Gasteiger charge is 2.27. The lowest BCUT2D eigenvalue weighted by Crippen LogP contribution is -2.37. The van der Waals surface area contributed by atoms with Crippen LogP contribution in [-0.2, 0) is 16.3 Å². The summed E-state index contributed by atoms with van der Waals surface area (Å²) in [7, 11) is -3.24. The van der Waals surface area contributed by atoms with E-state index in [0.717, 1.165) is 6.07 Å². The molecule has 0 amide bonds. The van der Waals surface area contributed by atoms with E-state index in [1.54, 1.807) is 0 Å². The van der Waals surface area contributed by atoms with Crippen molar-refractivity contribution < 1.29 is 17.2 Å². The molecule has 0 spiro atoms. The second kappa shape index (κ2) is 5.96. The van der Waals surface area contributed by atoms with Crippen LogP contribution in [0.2, 0.25) is 0 Å². The zero-order valence-electron chi connectivity index (χ0n) is 10.5. The van der Waals surface area contributed by atoms with Crippen molar-refractivity contribution in [2.24, 2.45) is 0 Å². The number of benzene rings is 1. The maximum absolute atomic E-state index is 13.4. The Morgan fingerprint density at radius 1 is 1.21 bits per heavy atom. The zero-order valence-corrected chi connectivity index (χ0v) is 11.3. The second-order valence-electron chi connectivity index (χ2n) is 4.78. The molecule has 1 saturated heterocycles. The van der Waals surface area contributed by atoms with Crippen LogP contribution in [-0.4, -0.2) is 32.5 Å². The molecule has 1 fully saturated rings. The maximum atomic E-state index is 13.4. The van der Waals surface area contributed by atoms with Crippen LogP contribution < -0.4 is 5.32 Å². The van der Waals surface area contributed by atoms with Crippen molar-refractivity contribution >= 4 is 9.84 Å². The molecular weight excluding hydrogens is 272 g/mol. The molecule has 1 aliphatic heterocycles. The standard InChI is InChI=1S/C13H17F2NO2S/c14-12-3-1-2-10(13(12)15)6-9-19(17,18)11-4-7-16-8-5-11/h1-3,11,16H,4-9H2. The summed E-state index contributed by atoms with van der Waals surface area (Å²) >= 11 is 0. The van der Waals surface area contributed by atoms with Crippen molar-refractivity contribution in [2.75, 3.05) is 18.8 Å². The molecule has 0 aromatic heterocycles. The van der Waals surface area contributed by atoms with Gasteiger partial charge >= 0.3 is 0 Å². The summed E-state index contributed by atoms with van der Waals surface area (Å²) in [5.74, 6) is -2.00. The summed E-state index contributed by atoms with van der Waals surface area (Å²) in [5, 5.41) is 2.75. The van der Waals surface area contributed by atoms with Gasteiger partial charge in [-0.05, 0) is 44.0 Å². The van der Waals surface area contributed by atoms with E-state index in [-0.39, 0.29) is 23.0 Å². The summed E-state index contributed by atoms with van der Waals surface area (Å²) in [6.07, 6.45) is 1.21. The predicted molar refractivity (Wildman–Crippen MR) is 69.7 cm³/mol. The molecule has 1 aliphatic rings. The molecule has 0 aliphatic carbocycles. The van der Waals surface area contributed by atoms with Crippen molar-refractivity contribution in [3.63, 3.8) is 0 Å². The number of piperidine rings is 1. The summed E-state index contributed by atoms with van der Waals surface area (Å²) < 4.78 is 50.7. The van der Waals surface area contributed by atoms with Crippen molar-refractivity contribution in [3.05, 3.63) is 35.4 Å². The molecule has 0 bridgehead atoms. The Morgan fingerprint density at radius 3 is 2.58 bits per heavy atom. The number of aryl methyl sites for hydroxylation is 1. The van der Waals surface area contributed by atoms with Crippen LogP contribution in [0.1, 0.15) is 18.4 Å². The molecule has 0 unspecified atom stereocenters. The van der Waals surface area contributed by atoms with Crippen molar-refractivity contribution in [1.82, 2.24) is 5.32 Å². The molecule has 0 saturated carbocycles. The molecule has 19 heavy (non-hydrogen) atoms. The Bertz CT molecular complexity index is 540. The van der Waals surface area contributed by atoms with Gasteiger partial charge in [-0.25, -0.2) is 17.2 Å². The second-order valence-corrected chi connectivity index (χ2v) is 7.18. The molecule has 2 rings (SSSR count). The first-order valence-electron chi connectivity index (χ1n) is 6.36. The van der Waals surface area contributed by atoms with Gasteiger partial charge in [0.25, 0.3) is 0 Å². The van der Waals surface area contributed by atoms with Gasteiger partial charge in [-0.1, -0.05) is 12.1 Å². The number of hydrogen-bond acceptors (Lipinski definition) is 3. The Balaban J connectivity index is 2.03. The van der Waals surface area contributed by atoms with Crippen LogP contribution in [0, 0.1) is 11.6 Å². The van der Waals surface area contributed by atoms with E-state index in [1.807, 2.05) is 0 Å². The minimum Gasteiger partial charge on any atom is -0.317 e. The number of rotatable bonds is 4. The Kier molecular flexibility index (Phi) is 4.52. The van der Waals surface area contributed by atoms with Crippen molar-refractivity contribution in [3.8, 4) is 0 Å². The van der Waals surface area contributed by atoms with Gasteiger partial charge in [0.15, 0.2) is 21.5 Å². The van der Waals surface area contributed by atoms with Crippen molar-refractivity contribution in [2.45, 2.75) is 24.5 Å². The van der Waals surface area contributed by atoms with Gasteiger partial charge in [0.1, 0.15) is 0 Å². The third kappa shape index (κ3) is 3.51. The Hall–Kier alpha value is -1.01. The summed E-state index contributed by atoms with van der Waals surface area (Å²) in [5.41, 5.74) is 0.123. The number of sulfone groups is 1. The van der Waals surface area contributed by atoms with E-state index in [1.165, 1.54) is 12.1 Å². The first-order valence-corrected chi connectivity index (χ1v) is 8.07. The molecule has 1 aromatic rings. The molecule has 1 aromatic carbocycles. The highest BCUT2D eigenvalue weighted by atomic mass is 32.2. The summed E-state index contributed by atoms with van der Waals surface area (Å²) in [6.45, 7) is 1.39. The Labute approximate surface area is 111 Å². The topological polar surface area (TPSA) is 46.2 Å². The molecule has 6 heteroatoms. The quantitative estimate of drug-likeness (QED) is 0.917. The normalized spacial score (nSPS) is 17.6. The van der Waals surface area contributed by atoms with E-state index in [2.05, 4.69) is 5.32 Å². The lowest BCUT2D eigenvalue weighted by molar-refractivity contribution is 0.492. The monoisotopic (exact) mass is 289 g/mol. The third-order valence-corrected chi connectivity index (χ3v) is 5.74. The summed E-state index contributed by atoms with van der Waals surface area (Å²) in [6, 6.07) is 3.85. The molecule has 0 radical (unpaired) electrons. The fourth-order valence-corrected chi connectivity index (χ4v) is 4.11. The van der Waals surface area contributed by atoms with E-state index in [4.69, 9.17) is 0 Å². The first kappa shape index (κ1) is 14.4. The largest absolute Gasteiger partial charge is 0.317 e. The van der Waals surface area contributed by atoms with Crippen molar-refractivity contribution in [1.29, 1.82) is 0 Å². The highest BCUT2D eigenvalue weighted by molar-refractivity contribution is 7.92. The number of hydrogen-bond donors (Lipinski definition) is 1. The fourth-order valence-electron chi connectivity index (χ4n) is 2.31. The SMILES string of the molecule is O=S(=O)(CCc1cccc(F)c1F)C1CCNCC1. The van der Waals surface area contributed by atoms with E-state index >= 15 is 0 Å². The minimum atomic E-state index is -3.24. The summed E-state index contributed by atoms with van der Waals surface area (Å²) in [4.78, 5) is 0. The zero-order chi connectivity index (χ0) is 13.9. The van der Waals surface area contributed by atoms with Crippen LogP contribution in [0.5, 0.6) is 0 Å². The van der Waals surface area contributed by atoms with Gasteiger partial charge < -0.3 is 5.32 Å². The Morgan fingerprint density at radius 2 is 1.89 bits per heavy atom. The number of nitrogens with one attached hydrogen (secondary N) is 1. The van der Waals surface area contributed by atoms with Gasteiger partial charge in [-0.15, -0.1) is 0 Å². The van der Waals surface area contributed by atoms with E-state index in [0.29, 0.717) is 25.9 Å². The molecular formula is C13H17F2NO2S. The van der Waals surface area contributed by atoms with Crippen LogP contribution in [0.15, 0.2) is 18.2 Å². The first-order chi connectivity index (χ1) is 9.00. The van der Waals surface area contributed by atoms with Crippen LogP contribution >= 0.6 is 0 Å². The average molecular weight is 289 g/mol. The van der Waals surface area contributed by atoms with Gasteiger partial charge in [-0.3, -0.25) is 0 Å². The molecule has 1 heterocycles. The van der Waals surface area contributed by atoms with E-state index in [9.17, 15) is 17.2 Å². The van der Waals surface area contributed by atoms with Crippen LogP contribution in [0.25, 0.3) is 0 Å². The molecule has 1 N–H and O–H groups in total. The third-order valence-electron chi connectivity index (χ3n) is 3.48. The molecule has 106 valence electrons. The fraction of sp³-hybridized carbons (Fsp3) is 0.538. The lowest BCUT2D eigenvalue weighted by atomic mass is 10.1. The van der Waals surface area contributed by atoms with Gasteiger partial charge in [0.05, 0.1) is 11.0 Å². The predicted octanol–water partition coefficient (Wildman–Crippen LogP) is 1.67. The maximum Gasteiger partial charge on any atom is 0.162 e. The lowest BCUT2D eigenvalue weighted by Gasteiger charge is -2.22. The van der Waals surface area contributed by atoms with E-state index < -0.39 is 21.5 Å². The average Bonchev–Trinajstić information content (AvgIpc) is 2.41. The molecule has 3 nitrogen and oxygen atoms in total. The van der Waals surface area contributed by atoms with Gasteiger partial charge in [0.2, 0.25) is 0 Å². The molecule has 0 atom stereocenters.